The van der Waals surface area contributed by atoms with Gasteiger partial charge in [0.2, 0.25) is 0 Å². The molecule has 0 unspecified atom stereocenters. The third-order valence-corrected chi connectivity index (χ3v) is 11.8. The van der Waals surface area contributed by atoms with Crippen LogP contribution in [0.25, 0.3) is 82.8 Å². The summed E-state index contributed by atoms with van der Waals surface area (Å²) in [6.45, 7) is 0. The Labute approximate surface area is 350 Å². The first-order chi connectivity index (χ1) is 29.7. The molecule has 1 heterocycles. The van der Waals surface area contributed by atoms with Gasteiger partial charge >= 0.3 is 0 Å². The van der Waals surface area contributed by atoms with Crippen LogP contribution in [0.1, 0.15) is 0 Å². The van der Waals surface area contributed by atoms with E-state index in [-0.39, 0.29) is 0 Å². The number of aromatic nitrogens is 1. The van der Waals surface area contributed by atoms with Gasteiger partial charge in [-0.3, -0.25) is 0 Å². The Morgan fingerprint density at radius 3 is 1.43 bits per heavy atom. The average molecular weight is 765 g/mol. The minimum atomic E-state index is 1.09. The Kier molecular flexibility index (Phi) is 8.87. The van der Waals surface area contributed by atoms with Crippen molar-refractivity contribution in [3.63, 3.8) is 0 Å². The van der Waals surface area contributed by atoms with Crippen LogP contribution < -0.4 is 4.90 Å². The van der Waals surface area contributed by atoms with Gasteiger partial charge in [0, 0.05) is 33.5 Å². The smallest absolute Gasteiger partial charge is 0.0541 e. The molecule has 0 spiro atoms. The zero-order chi connectivity index (χ0) is 39.8. The lowest BCUT2D eigenvalue weighted by Crippen LogP contribution is -2.10. The number of hydrogen-bond acceptors (Lipinski definition) is 1. The van der Waals surface area contributed by atoms with Gasteiger partial charge in [-0.05, 0) is 122 Å². The summed E-state index contributed by atoms with van der Waals surface area (Å²) in [4.78, 5) is 2.38. The SMILES string of the molecule is c1ccc(-c2ccc(N(c3ccc(-c4ccc5ccccc5c4)cc3)c3ccc(-c4cccc(-n5c6ccccc6c6ccccc65)c4)c(-c4ccccc4)c3)cc2)cc1. The van der Waals surface area contributed by atoms with Crippen LogP contribution in [0.2, 0.25) is 0 Å². The molecule has 11 aromatic rings. The molecule has 1 aromatic heterocycles. The number of para-hydroxylation sites is 2. The molecule has 0 aliphatic carbocycles. The van der Waals surface area contributed by atoms with Gasteiger partial charge in [0.05, 0.1) is 11.0 Å². The zero-order valence-corrected chi connectivity index (χ0v) is 33.0. The van der Waals surface area contributed by atoms with Crippen molar-refractivity contribution >= 4 is 49.6 Å². The quantitative estimate of drug-likeness (QED) is 0.150. The lowest BCUT2D eigenvalue weighted by Gasteiger charge is -2.27. The van der Waals surface area contributed by atoms with E-state index in [4.69, 9.17) is 0 Å². The van der Waals surface area contributed by atoms with Crippen LogP contribution in [0.5, 0.6) is 0 Å². The summed E-state index contributed by atoms with van der Waals surface area (Å²) in [5.74, 6) is 0. The van der Waals surface area contributed by atoms with Crippen LogP contribution in [0, 0.1) is 0 Å². The van der Waals surface area contributed by atoms with E-state index in [2.05, 4.69) is 252 Å². The topological polar surface area (TPSA) is 8.17 Å². The fraction of sp³-hybridized carbons (Fsp3) is 0. The van der Waals surface area contributed by atoms with Crippen molar-refractivity contribution in [1.82, 2.24) is 4.57 Å². The molecule has 11 rings (SSSR count). The van der Waals surface area contributed by atoms with Crippen LogP contribution in [-0.4, -0.2) is 4.57 Å². The maximum atomic E-state index is 2.40. The van der Waals surface area contributed by atoms with Crippen LogP contribution in [0.4, 0.5) is 17.1 Å². The third-order valence-electron chi connectivity index (χ3n) is 11.8. The highest BCUT2D eigenvalue weighted by Crippen LogP contribution is 2.42. The Balaban J connectivity index is 1.05. The summed E-state index contributed by atoms with van der Waals surface area (Å²) < 4.78 is 2.40. The molecule has 0 radical (unpaired) electrons. The summed E-state index contributed by atoms with van der Waals surface area (Å²) in [5, 5.41) is 5.01. The van der Waals surface area contributed by atoms with Gasteiger partial charge in [-0.25, -0.2) is 0 Å². The Morgan fingerprint density at radius 1 is 0.267 bits per heavy atom. The lowest BCUT2D eigenvalue weighted by atomic mass is 9.93. The zero-order valence-electron chi connectivity index (χ0n) is 33.0. The van der Waals surface area contributed by atoms with Gasteiger partial charge in [0.25, 0.3) is 0 Å². The Hall–Kier alpha value is -7.94. The van der Waals surface area contributed by atoms with E-state index >= 15 is 0 Å². The summed E-state index contributed by atoms with van der Waals surface area (Å²) in [7, 11) is 0. The Bertz CT molecular complexity index is 3240. The van der Waals surface area contributed by atoms with Crippen LogP contribution in [-0.2, 0) is 0 Å². The lowest BCUT2D eigenvalue weighted by molar-refractivity contribution is 1.18. The fourth-order valence-electron chi connectivity index (χ4n) is 8.85. The van der Waals surface area contributed by atoms with Crippen molar-refractivity contribution in [2.24, 2.45) is 0 Å². The molecule has 2 nitrogen and oxygen atoms in total. The van der Waals surface area contributed by atoms with E-state index < -0.39 is 0 Å². The highest BCUT2D eigenvalue weighted by Gasteiger charge is 2.18. The molecule has 10 aromatic carbocycles. The standard InChI is InChI=1S/C58H40N2/c1-3-14-41(15-4-1)43-28-32-49(33-29-43)59(50-34-30-44(31-35-50)47-27-26-42-16-7-8-19-46(42)38-47)52-36-37-53(56(40-52)45-17-5-2-6-18-45)48-20-13-21-51(39-48)60-57-24-11-9-22-54(57)55-23-10-12-25-58(55)60/h1-40H. The molecule has 0 N–H and O–H groups in total. The molecule has 0 fully saturated rings. The molecule has 0 amide bonds. The van der Waals surface area contributed by atoms with E-state index in [9.17, 15) is 0 Å². The number of nitrogens with zero attached hydrogens (tertiary/aromatic N) is 2. The van der Waals surface area contributed by atoms with E-state index in [0.717, 1.165) is 22.7 Å². The van der Waals surface area contributed by atoms with Crippen molar-refractivity contribution in [2.45, 2.75) is 0 Å². The summed E-state index contributed by atoms with van der Waals surface area (Å²) in [6.07, 6.45) is 0. The fourth-order valence-corrected chi connectivity index (χ4v) is 8.85. The number of rotatable bonds is 8. The maximum Gasteiger partial charge on any atom is 0.0541 e. The molecule has 0 bridgehead atoms. The highest BCUT2D eigenvalue weighted by atomic mass is 15.1. The average Bonchev–Trinajstić information content (AvgIpc) is 3.67. The van der Waals surface area contributed by atoms with Gasteiger partial charge in [-0.2, -0.15) is 0 Å². The van der Waals surface area contributed by atoms with Gasteiger partial charge in [0.15, 0.2) is 0 Å². The molecule has 0 aliphatic rings. The minimum absolute atomic E-state index is 1.09. The van der Waals surface area contributed by atoms with Gasteiger partial charge < -0.3 is 9.47 Å². The number of hydrogen-bond donors (Lipinski definition) is 0. The highest BCUT2D eigenvalue weighted by molar-refractivity contribution is 6.09. The van der Waals surface area contributed by atoms with Gasteiger partial charge in [-0.15, -0.1) is 0 Å². The molecular formula is C58H40N2. The maximum absolute atomic E-state index is 2.40. The molecule has 0 saturated carbocycles. The summed E-state index contributed by atoms with van der Waals surface area (Å²) in [5.41, 5.74) is 16.3. The van der Waals surface area contributed by atoms with Gasteiger partial charge in [0.1, 0.15) is 0 Å². The molecule has 60 heavy (non-hydrogen) atoms. The van der Waals surface area contributed by atoms with E-state index in [1.165, 1.54) is 77.1 Å². The van der Waals surface area contributed by atoms with E-state index in [1.54, 1.807) is 0 Å². The van der Waals surface area contributed by atoms with Crippen molar-refractivity contribution in [3.05, 3.63) is 243 Å². The van der Waals surface area contributed by atoms with Crippen LogP contribution in [0.3, 0.4) is 0 Å². The number of fused-ring (bicyclic) bond motifs is 4. The largest absolute Gasteiger partial charge is 0.310 e. The molecule has 0 saturated heterocycles. The molecule has 0 aliphatic heterocycles. The monoisotopic (exact) mass is 764 g/mol. The summed E-state index contributed by atoms with van der Waals surface area (Å²) in [6, 6.07) is 87.9. The van der Waals surface area contributed by atoms with Crippen LogP contribution >= 0.6 is 0 Å². The van der Waals surface area contributed by atoms with Gasteiger partial charge in [-0.1, -0.05) is 176 Å². The molecule has 282 valence electrons. The number of benzene rings is 10. The molecule has 2 heteroatoms. The molecular weight excluding hydrogens is 725 g/mol. The van der Waals surface area contributed by atoms with Crippen molar-refractivity contribution in [1.29, 1.82) is 0 Å². The third kappa shape index (κ3) is 6.41. The predicted molar refractivity (Wildman–Crippen MR) is 255 cm³/mol. The van der Waals surface area contributed by atoms with Crippen molar-refractivity contribution < 1.29 is 0 Å². The molecule has 0 atom stereocenters. The van der Waals surface area contributed by atoms with E-state index in [0.29, 0.717) is 0 Å². The minimum Gasteiger partial charge on any atom is -0.310 e. The van der Waals surface area contributed by atoms with E-state index in [1.807, 2.05) is 0 Å². The normalized spacial score (nSPS) is 11.3. The van der Waals surface area contributed by atoms with Crippen LogP contribution in [0.15, 0.2) is 243 Å². The second kappa shape index (κ2) is 15.1. The Morgan fingerprint density at radius 2 is 0.767 bits per heavy atom. The number of anilines is 3. The van der Waals surface area contributed by atoms with Crippen molar-refractivity contribution in [2.75, 3.05) is 4.90 Å². The first-order valence-electron chi connectivity index (χ1n) is 20.6. The first kappa shape index (κ1) is 35.2. The second-order valence-corrected chi connectivity index (χ2v) is 15.4. The first-order valence-corrected chi connectivity index (χ1v) is 20.6. The second-order valence-electron chi connectivity index (χ2n) is 15.4. The van der Waals surface area contributed by atoms with Crippen molar-refractivity contribution in [3.8, 4) is 50.2 Å². The summed E-state index contributed by atoms with van der Waals surface area (Å²) >= 11 is 0. The predicted octanol–water partition coefficient (Wildman–Crippen LogP) is 16.1.